The summed E-state index contributed by atoms with van der Waals surface area (Å²) in [5, 5.41) is 4.43. The maximum absolute atomic E-state index is 12.7. The van der Waals surface area contributed by atoms with Crippen LogP contribution in [-0.2, 0) is 4.74 Å². The lowest BCUT2D eigenvalue weighted by Gasteiger charge is -2.10. The van der Waals surface area contributed by atoms with Gasteiger partial charge < -0.3 is 4.74 Å². The maximum Gasteiger partial charge on any atom is 0.378 e. The Hall–Kier alpha value is -3.58. The molecule has 0 aliphatic rings. The number of ether oxygens (including phenoxy) is 1. The van der Waals surface area contributed by atoms with E-state index in [1.807, 2.05) is 62.4 Å². The SMILES string of the molecule is Cc1ccc(-n2nc(C(=O)OCC(=O)c3ccccc3)nc2-c2ccc(Br)cc2)c(C)c1. The molecule has 0 saturated carbocycles. The fourth-order valence-electron chi connectivity index (χ4n) is 3.30. The van der Waals surface area contributed by atoms with Crippen molar-refractivity contribution in [2.24, 2.45) is 0 Å². The van der Waals surface area contributed by atoms with Gasteiger partial charge in [-0.3, -0.25) is 4.79 Å². The minimum absolute atomic E-state index is 0.108. The molecule has 0 fully saturated rings. The van der Waals surface area contributed by atoms with Gasteiger partial charge in [0, 0.05) is 15.6 Å². The number of nitrogens with zero attached hydrogens (tertiary/aromatic N) is 3. The molecule has 6 nitrogen and oxygen atoms in total. The van der Waals surface area contributed by atoms with Crippen molar-refractivity contribution in [3.63, 3.8) is 0 Å². The molecule has 1 heterocycles. The zero-order valence-corrected chi connectivity index (χ0v) is 19.2. The van der Waals surface area contributed by atoms with E-state index in [4.69, 9.17) is 4.74 Å². The molecule has 0 bridgehead atoms. The number of ketones is 1. The highest BCUT2D eigenvalue weighted by Crippen LogP contribution is 2.25. The second kappa shape index (κ2) is 9.28. The molecule has 0 radical (unpaired) electrons. The second-order valence-corrected chi connectivity index (χ2v) is 8.25. The van der Waals surface area contributed by atoms with Crippen LogP contribution in [0.1, 0.15) is 32.1 Å². The first kappa shape index (κ1) is 21.6. The smallest absolute Gasteiger partial charge is 0.378 e. The lowest BCUT2D eigenvalue weighted by molar-refractivity contribution is 0.0462. The van der Waals surface area contributed by atoms with Gasteiger partial charge in [-0.2, -0.15) is 0 Å². The number of benzene rings is 3. The van der Waals surface area contributed by atoms with E-state index in [9.17, 15) is 9.59 Å². The molecule has 0 spiro atoms. The zero-order chi connectivity index (χ0) is 22.7. The van der Waals surface area contributed by atoms with Crippen LogP contribution in [0.3, 0.4) is 0 Å². The second-order valence-electron chi connectivity index (χ2n) is 7.33. The van der Waals surface area contributed by atoms with E-state index < -0.39 is 5.97 Å². The summed E-state index contributed by atoms with van der Waals surface area (Å²) in [6, 6.07) is 22.2. The number of hydrogen-bond acceptors (Lipinski definition) is 5. The van der Waals surface area contributed by atoms with Crippen molar-refractivity contribution in [1.82, 2.24) is 14.8 Å². The summed E-state index contributed by atoms with van der Waals surface area (Å²) in [5.74, 6) is -0.647. The summed E-state index contributed by atoms with van der Waals surface area (Å²) in [7, 11) is 0. The molecule has 160 valence electrons. The summed E-state index contributed by atoms with van der Waals surface area (Å²) in [6.07, 6.45) is 0. The van der Waals surface area contributed by atoms with E-state index in [0.717, 1.165) is 26.9 Å². The Morgan fingerprint density at radius 1 is 0.969 bits per heavy atom. The van der Waals surface area contributed by atoms with Crippen LogP contribution in [0.2, 0.25) is 0 Å². The van der Waals surface area contributed by atoms with Crippen molar-refractivity contribution >= 4 is 27.7 Å². The Bertz CT molecular complexity index is 1280. The molecule has 3 aromatic carbocycles. The van der Waals surface area contributed by atoms with Gasteiger partial charge in [0.25, 0.3) is 5.82 Å². The Kier molecular flexibility index (Phi) is 6.28. The molecule has 0 aliphatic heterocycles. The lowest BCUT2D eigenvalue weighted by Crippen LogP contribution is -2.15. The molecule has 0 atom stereocenters. The first-order valence-electron chi connectivity index (χ1n) is 9.98. The van der Waals surface area contributed by atoms with Crippen molar-refractivity contribution in [3.8, 4) is 17.1 Å². The standard InChI is InChI=1S/C25H20BrN3O3/c1-16-8-13-21(17(2)14-16)29-24(19-9-11-20(26)12-10-19)27-23(28-29)25(31)32-15-22(30)18-6-4-3-5-7-18/h3-14H,15H2,1-2H3. The Morgan fingerprint density at radius 3 is 2.38 bits per heavy atom. The van der Waals surface area contributed by atoms with Crippen LogP contribution in [-0.4, -0.2) is 33.1 Å². The summed E-state index contributed by atoms with van der Waals surface area (Å²) in [4.78, 5) is 29.4. The van der Waals surface area contributed by atoms with Gasteiger partial charge in [0.2, 0.25) is 0 Å². The van der Waals surface area contributed by atoms with Crippen LogP contribution in [0.15, 0.2) is 77.3 Å². The predicted octanol–water partition coefficient (Wildman–Crippen LogP) is 5.35. The van der Waals surface area contributed by atoms with Gasteiger partial charge in [-0.05, 0) is 37.6 Å². The van der Waals surface area contributed by atoms with Gasteiger partial charge in [0.15, 0.2) is 18.2 Å². The molecule has 4 aromatic rings. The molecular formula is C25H20BrN3O3. The van der Waals surface area contributed by atoms with Crippen molar-refractivity contribution in [2.45, 2.75) is 13.8 Å². The fourth-order valence-corrected chi connectivity index (χ4v) is 3.56. The highest BCUT2D eigenvalue weighted by molar-refractivity contribution is 9.10. The van der Waals surface area contributed by atoms with Crippen molar-refractivity contribution in [3.05, 3.63) is 99.8 Å². The average molecular weight is 490 g/mol. The van der Waals surface area contributed by atoms with Crippen molar-refractivity contribution < 1.29 is 14.3 Å². The van der Waals surface area contributed by atoms with Gasteiger partial charge in [-0.25, -0.2) is 14.5 Å². The highest BCUT2D eigenvalue weighted by atomic mass is 79.9. The van der Waals surface area contributed by atoms with E-state index in [1.165, 1.54) is 0 Å². The largest absolute Gasteiger partial charge is 0.451 e. The molecule has 7 heteroatoms. The van der Waals surface area contributed by atoms with Gasteiger partial charge in [-0.15, -0.1) is 5.10 Å². The monoisotopic (exact) mass is 489 g/mol. The van der Waals surface area contributed by atoms with Crippen LogP contribution in [0.25, 0.3) is 17.1 Å². The average Bonchev–Trinajstić information content (AvgIpc) is 3.23. The molecule has 0 saturated heterocycles. The van der Waals surface area contributed by atoms with Gasteiger partial charge >= 0.3 is 5.97 Å². The first-order chi connectivity index (χ1) is 15.4. The maximum atomic E-state index is 12.7. The van der Waals surface area contributed by atoms with Crippen molar-refractivity contribution in [2.75, 3.05) is 6.61 Å². The van der Waals surface area contributed by atoms with Crippen LogP contribution < -0.4 is 0 Å². The highest BCUT2D eigenvalue weighted by Gasteiger charge is 2.22. The lowest BCUT2D eigenvalue weighted by atomic mass is 10.1. The number of Topliss-reactive ketones (excluding diaryl/α,β-unsaturated/α-hetero) is 1. The van der Waals surface area contributed by atoms with E-state index in [2.05, 4.69) is 26.0 Å². The van der Waals surface area contributed by atoms with Gasteiger partial charge in [-0.1, -0.05) is 76.1 Å². The summed E-state index contributed by atoms with van der Waals surface area (Å²) in [6.45, 7) is 3.61. The third-order valence-corrected chi connectivity index (χ3v) is 5.43. The van der Waals surface area contributed by atoms with Crippen LogP contribution in [0.4, 0.5) is 0 Å². The predicted molar refractivity (Wildman–Crippen MR) is 125 cm³/mol. The number of rotatable bonds is 6. The number of hydrogen-bond donors (Lipinski definition) is 0. The molecule has 0 amide bonds. The van der Waals surface area contributed by atoms with Gasteiger partial charge in [0.05, 0.1) is 5.69 Å². The number of carbonyl (C=O) groups excluding carboxylic acids is 2. The molecule has 0 unspecified atom stereocenters. The number of esters is 1. The molecule has 0 aliphatic carbocycles. The number of carbonyl (C=O) groups is 2. The summed E-state index contributed by atoms with van der Waals surface area (Å²) < 4.78 is 7.78. The zero-order valence-electron chi connectivity index (χ0n) is 17.6. The molecule has 0 N–H and O–H groups in total. The Morgan fingerprint density at radius 2 is 1.69 bits per heavy atom. The summed E-state index contributed by atoms with van der Waals surface area (Å²) >= 11 is 3.43. The van der Waals surface area contributed by atoms with Crippen LogP contribution in [0.5, 0.6) is 0 Å². The number of halogens is 1. The normalized spacial score (nSPS) is 10.7. The third kappa shape index (κ3) is 4.68. The first-order valence-corrected chi connectivity index (χ1v) is 10.8. The minimum atomic E-state index is -0.754. The van der Waals surface area contributed by atoms with Crippen LogP contribution >= 0.6 is 15.9 Å². The summed E-state index contributed by atoms with van der Waals surface area (Å²) in [5.41, 5.74) is 4.19. The third-order valence-electron chi connectivity index (χ3n) is 4.90. The topological polar surface area (TPSA) is 74.1 Å². The van der Waals surface area contributed by atoms with Crippen LogP contribution in [0, 0.1) is 13.8 Å². The fraction of sp³-hybridized carbons (Fsp3) is 0.120. The van der Waals surface area contributed by atoms with Gasteiger partial charge in [0.1, 0.15) is 0 Å². The minimum Gasteiger partial charge on any atom is -0.451 e. The van der Waals surface area contributed by atoms with E-state index in [0.29, 0.717) is 11.4 Å². The Labute approximate surface area is 194 Å². The molecule has 32 heavy (non-hydrogen) atoms. The van der Waals surface area contributed by atoms with E-state index >= 15 is 0 Å². The molecular weight excluding hydrogens is 470 g/mol. The van der Waals surface area contributed by atoms with E-state index in [1.54, 1.807) is 28.9 Å². The number of aromatic nitrogens is 3. The quantitative estimate of drug-likeness (QED) is 0.269. The van der Waals surface area contributed by atoms with Crippen molar-refractivity contribution in [1.29, 1.82) is 0 Å². The number of aryl methyl sites for hydroxylation is 2. The Balaban J connectivity index is 1.66. The molecule has 1 aromatic heterocycles. The molecule has 4 rings (SSSR count). The van der Waals surface area contributed by atoms with E-state index in [-0.39, 0.29) is 18.2 Å².